The van der Waals surface area contributed by atoms with Crippen molar-refractivity contribution in [1.29, 1.82) is 0 Å². The number of para-hydroxylation sites is 2. The number of anilines is 2. The first kappa shape index (κ1) is 19.5. The second kappa shape index (κ2) is 8.01. The molecule has 136 valence electrons. The van der Waals surface area contributed by atoms with E-state index in [1.165, 1.54) is 27.0 Å². The van der Waals surface area contributed by atoms with Crippen molar-refractivity contribution in [1.82, 2.24) is 0 Å². The third-order valence-corrected chi connectivity index (χ3v) is 4.17. The number of carbonyl (C=O) groups excluding carboxylic acids is 3. The van der Waals surface area contributed by atoms with Crippen LogP contribution in [0, 0.1) is 5.41 Å². The van der Waals surface area contributed by atoms with Crippen molar-refractivity contribution in [3.63, 3.8) is 0 Å². The van der Waals surface area contributed by atoms with E-state index >= 15 is 0 Å². The Hall–Kier alpha value is -2.86. The highest BCUT2D eigenvalue weighted by Gasteiger charge is 2.37. The van der Waals surface area contributed by atoms with E-state index in [1.807, 2.05) is 0 Å². The molecular weight excluding hydrogens is 356 g/mol. The molecule has 0 spiro atoms. The Balaban J connectivity index is 2.19. The van der Waals surface area contributed by atoms with Crippen LogP contribution in [-0.4, -0.2) is 24.9 Å². The molecule has 0 aromatic heterocycles. The van der Waals surface area contributed by atoms with Gasteiger partial charge in [0, 0.05) is 0 Å². The molecule has 0 fully saturated rings. The van der Waals surface area contributed by atoms with Crippen molar-refractivity contribution in [2.24, 2.45) is 5.41 Å². The fourth-order valence-corrected chi connectivity index (χ4v) is 2.29. The van der Waals surface area contributed by atoms with Gasteiger partial charge in [-0.3, -0.25) is 9.59 Å². The number of rotatable bonds is 5. The van der Waals surface area contributed by atoms with Crippen LogP contribution in [-0.2, 0) is 14.3 Å². The fourth-order valence-electron chi connectivity index (χ4n) is 2.10. The van der Waals surface area contributed by atoms with E-state index in [4.69, 9.17) is 16.3 Å². The number of methoxy groups -OCH3 is 1. The molecule has 0 aliphatic heterocycles. The predicted molar refractivity (Wildman–Crippen MR) is 100 cm³/mol. The van der Waals surface area contributed by atoms with Gasteiger partial charge in [0.15, 0.2) is 0 Å². The molecular formula is C19H19ClN2O4. The lowest BCUT2D eigenvalue weighted by Gasteiger charge is -2.23. The first-order valence-corrected chi connectivity index (χ1v) is 8.20. The Morgan fingerprint density at radius 3 is 1.96 bits per heavy atom. The standard InChI is InChI=1S/C19H19ClN2O4/c1-19(2,18(25)22-15-11-7-5-9-13(15)20)17(24)21-14-10-6-4-8-12(14)16(23)26-3/h4-11H,1-3H3,(H,21,24)(H,22,25). The normalized spacial score (nSPS) is 10.8. The van der Waals surface area contributed by atoms with E-state index in [0.29, 0.717) is 10.7 Å². The average Bonchev–Trinajstić information content (AvgIpc) is 2.63. The van der Waals surface area contributed by atoms with E-state index in [9.17, 15) is 14.4 Å². The molecule has 2 N–H and O–H groups in total. The summed E-state index contributed by atoms with van der Waals surface area (Å²) in [6.45, 7) is 2.96. The van der Waals surface area contributed by atoms with Crippen LogP contribution in [0.15, 0.2) is 48.5 Å². The fraction of sp³-hybridized carbons (Fsp3) is 0.211. The molecule has 7 heteroatoms. The molecule has 0 aliphatic carbocycles. The van der Waals surface area contributed by atoms with Crippen LogP contribution in [0.1, 0.15) is 24.2 Å². The lowest BCUT2D eigenvalue weighted by molar-refractivity contribution is -0.135. The molecule has 0 saturated carbocycles. The average molecular weight is 375 g/mol. The summed E-state index contributed by atoms with van der Waals surface area (Å²) in [6, 6.07) is 13.1. The summed E-state index contributed by atoms with van der Waals surface area (Å²) >= 11 is 6.03. The zero-order chi connectivity index (χ0) is 19.3. The number of halogens is 1. The number of hydrogen-bond donors (Lipinski definition) is 2. The van der Waals surface area contributed by atoms with E-state index < -0.39 is 23.2 Å². The zero-order valence-electron chi connectivity index (χ0n) is 14.6. The van der Waals surface area contributed by atoms with E-state index in [2.05, 4.69) is 10.6 Å². The van der Waals surface area contributed by atoms with E-state index in [1.54, 1.807) is 42.5 Å². The minimum Gasteiger partial charge on any atom is -0.465 e. The molecule has 0 bridgehead atoms. The molecule has 0 aliphatic rings. The van der Waals surface area contributed by atoms with Gasteiger partial charge in [0.2, 0.25) is 11.8 Å². The Labute approximate surface area is 156 Å². The van der Waals surface area contributed by atoms with Gasteiger partial charge in [-0.25, -0.2) is 4.79 Å². The number of carbonyl (C=O) groups is 3. The third kappa shape index (κ3) is 4.21. The van der Waals surface area contributed by atoms with Gasteiger partial charge >= 0.3 is 5.97 Å². The lowest BCUT2D eigenvalue weighted by atomic mass is 9.90. The Bertz CT molecular complexity index is 849. The van der Waals surface area contributed by atoms with Gasteiger partial charge in [0.25, 0.3) is 0 Å². The molecule has 0 unspecified atom stereocenters. The third-order valence-electron chi connectivity index (χ3n) is 3.84. The maximum atomic E-state index is 12.7. The summed E-state index contributed by atoms with van der Waals surface area (Å²) < 4.78 is 4.70. The predicted octanol–water partition coefficient (Wildman–Crippen LogP) is 3.73. The second-order valence-electron chi connectivity index (χ2n) is 6.05. The second-order valence-corrected chi connectivity index (χ2v) is 6.46. The molecule has 2 aromatic carbocycles. The van der Waals surface area contributed by atoms with Crippen molar-refractivity contribution >= 4 is 40.8 Å². The molecule has 0 heterocycles. The van der Waals surface area contributed by atoms with Gasteiger partial charge in [-0.2, -0.15) is 0 Å². The lowest BCUT2D eigenvalue weighted by Crippen LogP contribution is -2.41. The molecule has 0 atom stereocenters. The van der Waals surface area contributed by atoms with Gasteiger partial charge in [0.1, 0.15) is 5.41 Å². The summed E-state index contributed by atoms with van der Waals surface area (Å²) in [5.41, 5.74) is -0.536. The maximum absolute atomic E-state index is 12.7. The number of amides is 2. The van der Waals surface area contributed by atoms with E-state index in [0.717, 1.165) is 0 Å². The van der Waals surface area contributed by atoms with Gasteiger partial charge in [-0.15, -0.1) is 0 Å². The molecule has 2 amide bonds. The number of ether oxygens (including phenoxy) is 1. The molecule has 26 heavy (non-hydrogen) atoms. The largest absolute Gasteiger partial charge is 0.465 e. The summed E-state index contributed by atoms with van der Waals surface area (Å²) in [5, 5.41) is 5.62. The Kier molecular flexibility index (Phi) is 6.00. The zero-order valence-corrected chi connectivity index (χ0v) is 15.4. The van der Waals surface area contributed by atoms with Crippen molar-refractivity contribution < 1.29 is 19.1 Å². The Morgan fingerprint density at radius 2 is 1.38 bits per heavy atom. The minimum atomic E-state index is -1.41. The topological polar surface area (TPSA) is 84.5 Å². The maximum Gasteiger partial charge on any atom is 0.339 e. The van der Waals surface area contributed by atoms with Crippen LogP contribution in [0.25, 0.3) is 0 Å². The SMILES string of the molecule is COC(=O)c1ccccc1NC(=O)C(C)(C)C(=O)Nc1ccccc1Cl. The molecule has 0 saturated heterocycles. The first-order valence-electron chi connectivity index (χ1n) is 7.82. The minimum absolute atomic E-state index is 0.200. The van der Waals surface area contributed by atoms with Crippen LogP contribution in [0.4, 0.5) is 11.4 Å². The van der Waals surface area contributed by atoms with E-state index in [-0.39, 0.29) is 11.3 Å². The number of nitrogens with one attached hydrogen (secondary N) is 2. The summed E-state index contributed by atoms with van der Waals surface area (Å²) in [4.78, 5) is 37.0. The number of esters is 1. The molecule has 0 radical (unpaired) electrons. The van der Waals surface area contributed by atoms with Crippen LogP contribution in [0.3, 0.4) is 0 Å². The summed E-state index contributed by atoms with van der Waals surface area (Å²) in [5.74, 6) is -1.68. The van der Waals surface area contributed by atoms with Crippen LogP contribution in [0.2, 0.25) is 5.02 Å². The highest BCUT2D eigenvalue weighted by molar-refractivity contribution is 6.34. The van der Waals surface area contributed by atoms with Crippen molar-refractivity contribution in [3.05, 3.63) is 59.1 Å². The van der Waals surface area contributed by atoms with Gasteiger partial charge in [-0.1, -0.05) is 35.9 Å². The smallest absolute Gasteiger partial charge is 0.339 e. The Morgan fingerprint density at radius 1 is 0.885 bits per heavy atom. The molecule has 6 nitrogen and oxygen atoms in total. The van der Waals surface area contributed by atoms with Crippen LogP contribution >= 0.6 is 11.6 Å². The number of hydrogen-bond acceptors (Lipinski definition) is 4. The first-order chi connectivity index (χ1) is 12.3. The van der Waals surface area contributed by atoms with Crippen LogP contribution < -0.4 is 10.6 Å². The van der Waals surface area contributed by atoms with Gasteiger partial charge in [-0.05, 0) is 38.1 Å². The summed E-state index contributed by atoms with van der Waals surface area (Å²) in [6.07, 6.45) is 0. The highest BCUT2D eigenvalue weighted by Crippen LogP contribution is 2.26. The molecule has 2 rings (SSSR count). The van der Waals surface area contributed by atoms with Gasteiger partial charge < -0.3 is 15.4 Å². The van der Waals surface area contributed by atoms with Crippen molar-refractivity contribution in [3.8, 4) is 0 Å². The van der Waals surface area contributed by atoms with Gasteiger partial charge in [0.05, 0.1) is 29.1 Å². The molecule has 2 aromatic rings. The monoisotopic (exact) mass is 374 g/mol. The summed E-state index contributed by atoms with van der Waals surface area (Å²) in [7, 11) is 1.25. The quantitative estimate of drug-likeness (QED) is 0.617. The highest BCUT2D eigenvalue weighted by atomic mass is 35.5. The van der Waals surface area contributed by atoms with Crippen LogP contribution in [0.5, 0.6) is 0 Å². The number of benzene rings is 2. The van der Waals surface area contributed by atoms with Crippen molar-refractivity contribution in [2.45, 2.75) is 13.8 Å². The van der Waals surface area contributed by atoms with Crippen molar-refractivity contribution in [2.75, 3.05) is 17.7 Å².